The number of ketones is 1. The van der Waals surface area contributed by atoms with Gasteiger partial charge in [-0.2, -0.15) is 0 Å². The Balaban J connectivity index is 2.86. The number of rotatable bonds is 3. The molecule has 0 saturated carbocycles. The zero-order valence-electron chi connectivity index (χ0n) is 10.5. The molecule has 18 heavy (non-hydrogen) atoms. The van der Waals surface area contributed by atoms with Crippen molar-refractivity contribution in [2.45, 2.75) is 26.3 Å². The van der Waals surface area contributed by atoms with Gasteiger partial charge in [-0.05, 0) is 32.9 Å². The summed E-state index contributed by atoms with van der Waals surface area (Å²) in [6.45, 7) is 4.99. The highest BCUT2D eigenvalue weighted by molar-refractivity contribution is 6.29. The van der Waals surface area contributed by atoms with Crippen LogP contribution in [0.2, 0.25) is 5.15 Å². The van der Waals surface area contributed by atoms with E-state index in [2.05, 4.69) is 4.98 Å². The summed E-state index contributed by atoms with van der Waals surface area (Å²) < 4.78 is 0. The number of carbonyl (C=O) groups is 2. The Morgan fingerprint density at radius 3 is 2.39 bits per heavy atom. The van der Waals surface area contributed by atoms with Crippen LogP contribution in [0.3, 0.4) is 0 Å². The summed E-state index contributed by atoms with van der Waals surface area (Å²) in [6, 6.07) is 3.03. The van der Waals surface area contributed by atoms with E-state index in [1.807, 2.05) is 0 Å². The van der Waals surface area contributed by atoms with Crippen molar-refractivity contribution in [3.63, 3.8) is 0 Å². The number of carboxylic acid groups (broad SMARTS) is 1. The monoisotopic (exact) mass is 270 g/mol. The van der Waals surface area contributed by atoms with Crippen LogP contribution in [0.4, 0.5) is 4.79 Å². The fourth-order valence-corrected chi connectivity index (χ4v) is 1.48. The quantitative estimate of drug-likeness (QED) is 0.677. The summed E-state index contributed by atoms with van der Waals surface area (Å²) in [7, 11) is 0. The van der Waals surface area contributed by atoms with Gasteiger partial charge in [-0.3, -0.25) is 9.69 Å². The lowest BCUT2D eigenvalue weighted by molar-refractivity contribution is 0.0766. The molecule has 0 bridgehead atoms. The van der Waals surface area contributed by atoms with Gasteiger partial charge in [0.15, 0.2) is 5.78 Å². The normalized spacial score (nSPS) is 11.1. The van der Waals surface area contributed by atoms with Crippen LogP contribution in [-0.4, -0.2) is 39.0 Å². The van der Waals surface area contributed by atoms with E-state index in [1.54, 1.807) is 20.8 Å². The maximum absolute atomic E-state index is 11.9. The first-order valence-corrected chi connectivity index (χ1v) is 5.75. The third kappa shape index (κ3) is 3.70. The van der Waals surface area contributed by atoms with Crippen LogP contribution in [0.15, 0.2) is 18.3 Å². The molecule has 0 spiro atoms. The minimum atomic E-state index is -1.13. The minimum Gasteiger partial charge on any atom is -0.465 e. The average molecular weight is 271 g/mol. The number of Topliss-reactive ketones (excluding diaryl/α,β-unsaturated/α-hetero) is 1. The molecule has 0 aliphatic rings. The van der Waals surface area contributed by atoms with Gasteiger partial charge in [-0.1, -0.05) is 11.6 Å². The second-order valence-electron chi connectivity index (χ2n) is 4.83. The summed E-state index contributed by atoms with van der Waals surface area (Å²) in [5, 5.41) is 9.38. The Hall–Kier alpha value is -1.62. The molecule has 0 unspecified atom stereocenters. The van der Waals surface area contributed by atoms with E-state index in [0.717, 1.165) is 4.90 Å². The zero-order valence-corrected chi connectivity index (χ0v) is 11.2. The smallest absolute Gasteiger partial charge is 0.408 e. The van der Waals surface area contributed by atoms with Crippen molar-refractivity contribution in [1.29, 1.82) is 0 Å². The molecule has 0 saturated heterocycles. The maximum atomic E-state index is 11.9. The average Bonchev–Trinajstić information content (AvgIpc) is 2.24. The molecule has 6 heteroatoms. The van der Waals surface area contributed by atoms with Gasteiger partial charge in [0.25, 0.3) is 0 Å². The lowest BCUT2D eigenvalue weighted by Crippen LogP contribution is -2.47. The summed E-state index contributed by atoms with van der Waals surface area (Å²) in [5.41, 5.74) is -0.295. The Kier molecular flexibility index (Phi) is 4.29. The van der Waals surface area contributed by atoms with Crippen LogP contribution in [0, 0.1) is 0 Å². The fraction of sp³-hybridized carbons (Fsp3) is 0.417. The largest absolute Gasteiger partial charge is 0.465 e. The minimum absolute atomic E-state index is 0.206. The van der Waals surface area contributed by atoms with Gasteiger partial charge in [0, 0.05) is 17.3 Å². The molecule has 0 aliphatic heterocycles. The Morgan fingerprint density at radius 1 is 1.39 bits per heavy atom. The van der Waals surface area contributed by atoms with Crippen LogP contribution in [0.25, 0.3) is 0 Å². The van der Waals surface area contributed by atoms with E-state index < -0.39 is 11.6 Å². The first-order chi connectivity index (χ1) is 8.21. The predicted octanol–water partition coefficient (Wildman–Crippen LogP) is 2.70. The first-order valence-electron chi connectivity index (χ1n) is 5.37. The molecule has 5 nitrogen and oxygen atoms in total. The van der Waals surface area contributed by atoms with Gasteiger partial charge in [0.05, 0.1) is 6.54 Å². The molecule has 98 valence electrons. The van der Waals surface area contributed by atoms with E-state index in [9.17, 15) is 9.59 Å². The number of hydrogen-bond acceptors (Lipinski definition) is 3. The molecule has 0 aromatic carbocycles. The molecule has 1 heterocycles. The summed E-state index contributed by atoms with van der Waals surface area (Å²) in [6.07, 6.45) is 0.214. The highest BCUT2D eigenvalue weighted by atomic mass is 35.5. The molecular weight excluding hydrogens is 256 g/mol. The van der Waals surface area contributed by atoms with Crippen molar-refractivity contribution in [1.82, 2.24) is 9.88 Å². The van der Waals surface area contributed by atoms with Crippen LogP contribution in [0.1, 0.15) is 31.1 Å². The van der Waals surface area contributed by atoms with Crippen molar-refractivity contribution >= 4 is 23.5 Å². The van der Waals surface area contributed by atoms with Gasteiger partial charge in [-0.15, -0.1) is 0 Å². The number of amides is 1. The third-order valence-corrected chi connectivity index (χ3v) is 2.62. The summed E-state index contributed by atoms with van der Waals surface area (Å²) in [4.78, 5) is 27.9. The highest BCUT2D eigenvalue weighted by Crippen LogP contribution is 2.15. The zero-order chi connectivity index (χ0) is 13.9. The number of nitrogens with zero attached hydrogens (tertiary/aromatic N) is 2. The molecule has 0 fully saturated rings. The standard InChI is InChI=1S/C12H15ClN2O3/c1-12(2,3)15(11(17)18)7-9(16)8-4-5-10(13)14-6-8/h4-6H,7H2,1-3H3,(H,17,18). The lowest BCUT2D eigenvalue weighted by Gasteiger charge is -2.32. The Morgan fingerprint density at radius 2 is 2.00 bits per heavy atom. The van der Waals surface area contributed by atoms with Crippen molar-refractivity contribution in [2.75, 3.05) is 6.54 Å². The summed E-state index contributed by atoms with van der Waals surface area (Å²) in [5.74, 6) is -0.309. The van der Waals surface area contributed by atoms with Crippen molar-refractivity contribution < 1.29 is 14.7 Å². The number of carbonyl (C=O) groups excluding carboxylic acids is 1. The SMILES string of the molecule is CC(C)(C)N(CC(=O)c1ccc(Cl)nc1)C(=O)O. The first kappa shape index (κ1) is 14.4. The maximum Gasteiger partial charge on any atom is 0.408 e. The van der Waals surface area contributed by atoms with E-state index in [0.29, 0.717) is 5.56 Å². The van der Waals surface area contributed by atoms with Gasteiger partial charge in [0.2, 0.25) is 0 Å². The van der Waals surface area contributed by atoms with Gasteiger partial charge in [0.1, 0.15) is 5.15 Å². The van der Waals surface area contributed by atoms with E-state index in [4.69, 9.17) is 16.7 Å². The lowest BCUT2D eigenvalue weighted by atomic mass is 10.1. The number of aromatic nitrogens is 1. The van der Waals surface area contributed by atoms with Crippen LogP contribution in [0.5, 0.6) is 0 Å². The molecule has 0 atom stereocenters. The van der Waals surface area contributed by atoms with Crippen molar-refractivity contribution in [3.05, 3.63) is 29.0 Å². The number of pyridine rings is 1. The van der Waals surface area contributed by atoms with E-state index >= 15 is 0 Å². The Bertz CT molecular complexity index is 451. The topological polar surface area (TPSA) is 70.5 Å². The van der Waals surface area contributed by atoms with E-state index in [1.165, 1.54) is 18.3 Å². The van der Waals surface area contributed by atoms with Crippen molar-refractivity contribution in [2.24, 2.45) is 0 Å². The van der Waals surface area contributed by atoms with Crippen LogP contribution in [-0.2, 0) is 0 Å². The molecule has 1 N–H and O–H groups in total. The summed E-state index contributed by atoms with van der Waals surface area (Å²) >= 11 is 5.62. The number of halogens is 1. The molecule has 1 aromatic heterocycles. The molecular formula is C12H15ClN2O3. The van der Waals surface area contributed by atoms with Crippen LogP contribution < -0.4 is 0 Å². The van der Waals surface area contributed by atoms with Crippen LogP contribution >= 0.6 is 11.6 Å². The molecule has 1 amide bonds. The van der Waals surface area contributed by atoms with Gasteiger partial charge < -0.3 is 5.11 Å². The van der Waals surface area contributed by atoms with Gasteiger partial charge in [-0.25, -0.2) is 9.78 Å². The molecule has 1 rings (SSSR count). The fourth-order valence-electron chi connectivity index (χ4n) is 1.37. The second kappa shape index (κ2) is 5.35. The third-order valence-electron chi connectivity index (χ3n) is 2.39. The second-order valence-corrected chi connectivity index (χ2v) is 5.22. The highest BCUT2D eigenvalue weighted by Gasteiger charge is 2.28. The van der Waals surface area contributed by atoms with Crippen molar-refractivity contribution in [3.8, 4) is 0 Å². The molecule has 0 aliphatic carbocycles. The number of hydrogen-bond donors (Lipinski definition) is 1. The Labute approximate surface area is 110 Å². The molecule has 1 aromatic rings. The van der Waals surface area contributed by atoms with Gasteiger partial charge >= 0.3 is 6.09 Å². The molecule has 0 radical (unpaired) electrons. The van der Waals surface area contributed by atoms with E-state index in [-0.39, 0.29) is 17.5 Å². The predicted molar refractivity (Wildman–Crippen MR) is 68.1 cm³/mol.